The number of hydrogen-bond donors (Lipinski definition) is 0. The van der Waals surface area contributed by atoms with Gasteiger partial charge in [0.25, 0.3) is 0 Å². The summed E-state index contributed by atoms with van der Waals surface area (Å²) in [7, 11) is 0. The zero-order chi connectivity index (χ0) is 16.1. The molecule has 0 aliphatic heterocycles. The van der Waals surface area contributed by atoms with Crippen LogP contribution in [0.2, 0.25) is 0 Å². The van der Waals surface area contributed by atoms with Gasteiger partial charge in [0.15, 0.2) is 0 Å². The minimum Gasteiger partial charge on any atom is -0.237 e. The fourth-order valence-electron chi connectivity index (χ4n) is 2.81. The second kappa shape index (κ2) is 21.3. The largest absolute Gasteiger partial charge is 0.237 e. The lowest BCUT2D eigenvalue weighted by molar-refractivity contribution is 0.186. The minimum absolute atomic E-state index is 0.121. The zero-order valence-electron chi connectivity index (χ0n) is 15.3. The van der Waals surface area contributed by atoms with Gasteiger partial charge in [0, 0.05) is 0 Å². The molecule has 0 aliphatic rings. The third-order valence-electron chi connectivity index (χ3n) is 4.33. The summed E-state index contributed by atoms with van der Waals surface area (Å²) in [6, 6.07) is 0. The third-order valence-corrected chi connectivity index (χ3v) is 5.48. The smallest absolute Gasteiger partial charge is 0.0822 e. The van der Waals surface area contributed by atoms with Gasteiger partial charge in [-0.1, -0.05) is 90.4 Å². The average Bonchev–Trinajstić information content (AvgIpc) is 2.54. The van der Waals surface area contributed by atoms with Crippen molar-refractivity contribution in [2.24, 2.45) is 0 Å². The summed E-state index contributed by atoms with van der Waals surface area (Å²) in [5.41, 5.74) is 0. The summed E-state index contributed by atoms with van der Waals surface area (Å²) in [5, 5.41) is 10.3. The number of rotatable bonds is 19. The standard InChI is InChI=1S/C20H41OS/c1-2-3-4-5-6-10-13-16-19-22-20-17-14-11-8-7-9-12-15-18-21/h2-20H2,1H3. The lowest BCUT2D eigenvalue weighted by atomic mass is 10.1. The van der Waals surface area contributed by atoms with Crippen LogP contribution in [0.1, 0.15) is 110 Å². The van der Waals surface area contributed by atoms with Crippen LogP contribution in [-0.2, 0) is 5.11 Å². The molecule has 0 saturated heterocycles. The van der Waals surface area contributed by atoms with E-state index in [0.717, 1.165) is 12.8 Å². The van der Waals surface area contributed by atoms with Crippen molar-refractivity contribution in [1.82, 2.24) is 0 Å². The fourth-order valence-corrected chi connectivity index (χ4v) is 3.83. The molecule has 0 N–H and O–H groups in total. The molecular weight excluding hydrogens is 288 g/mol. The molecule has 0 saturated carbocycles. The summed E-state index contributed by atoms with van der Waals surface area (Å²) < 4.78 is 0. The first kappa shape index (κ1) is 22.3. The fraction of sp³-hybridized carbons (Fsp3) is 1.00. The highest BCUT2D eigenvalue weighted by Gasteiger charge is 1.95. The first-order valence-corrected chi connectivity index (χ1v) is 11.2. The molecule has 0 amide bonds. The molecule has 0 atom stereocenters. The summed E-state index contributed by atoms with van der Waals surface area (Å²) >= 11 is 2.17. The maximum absolute atomic E-state index is 10.3. The van der Waals surface area contributed by atoms with Gasteiger partial charge in [-0.3, -0.25) is 0 Å². The highest BCUT2D eigenvalue weighted by molar-refractivity contribution is 7.99. The second-order valence-corrected chi connectivity index (χ2v) is 7.84. The van der Waals surface area contributed by atoms with Crippen molar-refractivity contribution in [3.63, 3.8) is 0 Å². The van der Waals surface area contributed by atoms with E-state index in [1.54, 1.807) is 0 Å². The topological polar surface area (TPSA) is 19.9 Å². The van der Waals surface area contributed by atoms with Crippen LogP contribution < -0.4 is 0 Å². The van der Waals surface area contributed by atoms with Gasteiger partial charge in [-0.15, -0.1) is 0 Å². The van der Waals surface area contributed by atoms with Gasteiger partial charge in [0.1, 0.15) is 0 Å². The maximum Gasteiger partial charge on any atom is 0.0822 e. The first-order valence-electron chi connectivity index (χ1n) is 10.1. The highest BCUT2D eigenvalue weighted by atomic mass is 32.2. The Kier molecular flexibility index (Phi) is 21.6. The molecule has 0 rings (SSSR count). The summed E-state index contributed by atoms with van der Waals surface area (Å²) in [5.74, 6) is 2.75. The van der Waals surface area contributed by atoms with E-state index in [0.29, 0.717) is 0 Å². The summed E-state index contributed by atoms with van der Waals surface area (Å²) in [4.78, 5) is 0. The highest BCUT2D eigenvalue weighted by Crippen LogP contribution is 2.14. The third kappa shape index (κ3) is 20.3. The molecule has 0 heterocycles. The van der Waals surface area contributed by atoms with Gasteiger partial charge >= 0.3 is 0 Å². The molecule has 133 valence electrons. The SMILES string of the molecule is CCCCCCCCCCSCCCCCCCCCC[O]. The van der Waals surface area contributed by atoms with E-state index < -0.39 is 0 Å². The normalized spacial score (nSPS) is 11.2. The molecule has 0 spiro atoms. The van der Waals surface area contributed by atoms with E-state index in [2.05, 4.69) is 18.7 Å². The van der Waals surface area contributed by atoms with Gasteiger partial charge in [0.05, 0.1) is 6.61 Å². The van der Waals surface area contributed by atoms with E-state index in [1.165, 1.54) is 101 Å². The van der Waals surface area contributed by atoms with Crippen LogP contribution in [0.15, 0.2) is 0 Å². The van der Waals surface area contributed by atoms with Crippen molar-refractivity contribution in [2.45, 2.75) is 110 Å². The molecule has 0 bridgehead atoms. The monoisotopic (exact) mass is 329 g/mol. The van der Waals surface area contributed by atoms with Crippen molar-refractivity contribution >= 4 is 11.8 Å². The quantitative estimate of drug-likeness (QED) is 0.226. The molecule has 1 nitrogen and oxygen atoms in total. The van der Waals surface area contributed by atoms with E-state index in [-0.39, 0.29) is 6.61 Å². The van der Waals surface area contributed by atoms with Crippen LogP contribution >= 0.6 is 11.8 Å². The Balaban J connectivity index is 2.91. The maximum atomic E-state index is 10.3. The Morgan fingerprint density at radius 2 is 0.864 bits per heavy atom. The van der Waals surface area contributed by atoms with Crippen LogP contribution in [0.5, 0.6) is 0 Å². The Labute approximate surface area is 145 Å². The van der Waals surface area contributed by atoms with E-state index in [4.69, 9.17) is 0 Å². The van der Waals surface area contributed by atoms with Crippen LogP contribution in [0.25, 0.3) is 0 Å². The average molecular weight is 330 g/mol. The van der Waals surface area contributed by atoms with E-state index in [1.807, 2.05) is 0 Å². The molecule has 22 heavy (non-hydrogen) atoms. The number of unbranched alkanes of at least 4 members (excludes halogenated alkanes) is 14. The Hall–Kier alpha value is 0.310. The molecule has 1 radical (unpaired) electrons. The zero-order valence-corrected chi connectivity index (χ0v) is 16.1. The molecular formula is C20H41OS. The van der Waals surface area contributed by atoms with E-state index in [9.17, 15) is 5.11 Å². The molecule has 0 aromatic rings. The first-order chi connectivity index (χ1) is 10.9. The lowest BCUT2D eigenvalue weighted by Gasteiger charge is -2.03. The van der Waals surface area contributed by atoms with E-state index >= 15 is 0 Å². The Bertz CT molecular complexity index is 165. The minimum atomic E-state index is 0.121. The summed E-state index contributed by atoms with van der Waals surface area (Å²) in [6.07, 6.45) is 21.7. The van der Waals surface area contributed by atoms with Crippen molar-refractivity contribution in [2.75, 3.05) is 18.1 Å². The van der Waals surface area contributed by atoms with Crippen LogP contribution in [0, 0.1) is 0 Å². The van der Waals surface area contributed by atoms with Gasteiger partial charge in [-0.05, 0) is 30.8 Å². The second-order valence-electron chi connectivity index (χ2n) is 6.62. The molecule has 0 aliphatic carbocycles. The van der Waals surface area contributed by atoms with Gasteiger partial charge in [-0.25, -0.2) is 5.11 Å². The van der Waals surface area contributed by atoms with Crippen LogP contribution in [0.3, 0.4) is 0 Å². The van der Waals surface area contributed by atoms with Crippen molar-refractivity contribution < 1.29 is 5.11 Å². The van der Waals surface area contributed by atoms with Crippen LogP contribution in [0.4, 0.5) is 0 Å². The number of hydrogen-bond acceptors (Lipinski definition) is 1. The molecule has 2 heteroatoms. The van der Waals surface area contributed by atoms with Gasteiger partial charge in [0.2, 0.25) is 0 Å². The van der Waals surface area contributed by atoms with Gasteiger partial charge < -0.3 is 0 Å². The molecule has 0 unspecified atom stereocenters. The number of thioether (sulfide) groups is 1. The Morgan fingerprint density at radius 3 is 1.27 bits per heavy atom. The van der Waals surface area contributed by atoms with Crippen LogP contribution in [-0.4, -0.2) is 18.1 Å². The van der Waals surface area contributed by atoms with Gasteiger partial charge in [-0.2, -0.15) is 11.8 Å². The molecule has 0 fully saturated rings. The van der Waals surface area contributed by atoms with Crippen molar-refractivity contribution in [1.29, 1.82) is 0 Å². The van der Waals surface area contributed by atoms with Crippen molar-refractivity contribution in [3.05, 3.63) is 0 Å². The van der Waals surface area contributed by atoms with Crippen molar-refractivity contribution in [3.8, 4) is 0 Å². The predicted molar refractivity (Wildman–Crippen MR) is 102 cm³/mol. The molecule has 0 aromatic heterocycles. The summed E-state index contributed by atoms with van der Waals surface area (Å²) in [6.45, 7) is 2.41. The predicted octanol–water partition coefficient (Wildman–Crippen LogP) is 7.41. The Morgan fingerprint density at radius 1 is 0.500 bits per heavy atom. The molecule has 0 aromatic carbocycles. The lowest BCUT2D eigenvalue weighted by Crippen LogP contribution is -1.87.